The van der Waals surface area contributed by atoms with E-state index in [4.69, 9.17) is 27.6 Å². The Labute approximate surface area is 108 Å². The lowest BCUT2D eigenvalue weighted by atomic mass is 10.2. The maximum absolute atomic E-state index is 6.14. The number of hydrogen-bond acceptors (Lipinski definition) is 1. The molecule has 0 saturated carbocycles. The molecule has 0 atom stereocenters. The molecule has 0 bridgehead atoms. The predicted octanol–water partition coefficient (Wildman–Crippen LogP) is 4.59. The van der Waals surface area contributed by atoms with Gasteiger partial charge in [0.2, 0.25) is 0 Å². The van der Waals surface area contributed by atoms with Crippen molar-refractivity contribution in [2.75, 3.05) is 0 Å². The number of rotatable bonds is 2. The first kappa shape index (κ1) is 10.8. The van der Waals surface area contributed by atoms with Crippen molar-refractivity contribution < 1.29 is 4.42 Å². The van der Waals surface area contributed by atoms with Crippen LogP contribution in [0.5, 0.6) is 0 Å². The van der Waals surface area contributed by atoms with Crippen LogP contribution in [-0.4, -0.2) is 4.57 Å². The summed E-state index contributed by atoms with van der Waals surface area (Å²) in [6, 6.07) is 9.46. The minimum absolute atomic E-state index is 0.641. The van der Waals surface area contributed by atoms with Crippen molar-refractivity contribution in [2.45, 2.75) is 6.54 Å². The van der Waals surface area contributed by atoms with Gasteiger partial charge in [-0.05, 0) is 30.3 Å². The van der Waals surface area contributed by atoms with Crippen LogP contribution in [0, 0.1) is 0 Å². The van der Waals surface area contributed by atoms with Gasteiger partial charge in [-0.25, -0.2) is 0 Å². The molecular formula is C13H9Cl2NO. The molecule has 0 aliphatic heterocycles. The van der Waals surface area contributed by atoms with E-state index in [2.05, 4.69) is 4.57 Å². The summed E-state index contributed by atoms with van der Waals surface area (Å²) in [5.74, 6) is 0.901. The molecule has 0 amide bonds. The van der Waals surface area contributed by atoms with Gasteiger partial charge in [-0.15, -0.1) is 0 Å². The fourth-order valence-corrected chi connectivity index (χ4v) is 2.47. The highest BCUT2D eigenvalue weighted by Gasteiger charge is 2.07. The van der Waals surface area contributed by atoms with E-state index in [1.807, 2.05) is 30.5 Å². The minimum atomic E-state index is 0.641. The number of nitrogens with zero attached hydrogens (tertiary/aromatic N) is 1. The highest BCUT2D eigenvalue weighted by molar-refractivity contribution is 6.38. The summed E-state index contributed by atoms with van der Waals surface area (Å²) >= 11 is 12.1. The highest BCUT2D eigenvalue weighted by Crippen LogP contribution is 2.29. The van der Waals surface area contributed by atoms with Gasteiger partial charge >= 0.3 is 0 Å². The Bertz CT molecular complexity index is 655. The van der Waals surface area contributed by atoms with Crippen molar-refractivity contribution in [1.82, 2.24) is 4.57 Å². The molecule has 4 heteroatoms. The zero-order chi connectivity index (χ0) is 11.8. The maximum atomic E-state index is 6.14. The summed E-state index contributed by atoms with van der Waals surface area (Å²) in [5, 5.41) is 2.32. The van der Waals surface area contributed by atoms with Crippen LogP contribution in [0.15, 0.2) is 47.2 Å². The first-order valence-corrected chi connectivity index (χ1v) is 5.96. The van der Waals surface area contributed by atoms with Gasteiger partial charge in [0.05, 0.1) is 23.3 Å². The van der Waals surface area contributed by atoms with Crippen LogP contribution >= 0.6 is 23.2 Å². The normalized spacial score (nSPS) is 11.2. The van der Waals surface area contributed by atoms with Gasteiger partial charge in [0.1, 0.15) is 5.76 Å². The van der Waals surface area contributed by atoms with E-state index in [1.54, 1.807) is 12.3 Å². The molecule has 17 heavy (non-hydrogen) atoms. The lowest BCUT2D eigenvalue weighted by Gasteiger charge is -2.04. The van der Waals surface area contributed by atoms with E-state index in [1.165, 1.54) is 0 Å². The second kappa shape index (κ2) is 4.13. The maximum Gasteiger partial charge on any atom is 0.123 e. The van der Waals surface area contributed by atoms with Gasteiger partial charge in [0.15, 0.2) is 0 Å². The quantitative estimate of drug-likeness (QED) is 0.663. The predicted molar refractivity (Wildman–Crippen MR) is 69.8 cm³/mol. The fourth-order valence-electron chi connectivity index (χ4n) is 1.93. The molecule has 0 radical (unpaired) electrons. The van der Waals surface area contributed by atoms with E-state index < -0.39 is 0 Å². The summed E-state index contributed by atoms with van der Waals surface area (Å²) in [5.41, 5.74) is 1.01. The standard InChI is InChI=1S/C13H9Cl2NO/c14-9-6-12(15)11-3-4-16(13(11)7-9)8-10-2-1-5-17-10/h1-7H,8H2. The molecule has 0 aliphatic carbocycles. The fraction of sp³-hybridized carbons (Fsp3) is 0.0769. The number of furan rings is 1. The number of benzene rings is 1. The molecule has 2 heterocycles. The summed E-state index contributed by atoms with van der Waals surface area (Å²) in [6.45, 7) is 0.674. The van der Waals surface area contributed by atoms with Crippen molar-refractivity contribution in [1.29, 1.82) is 0 Å². The zero-order valence-corrected chi connectivity index (χ0v) is 10.4. The van der Waals surface area contributed by atoms with Crippen LogP contribution in [-0.2, 0) is 6.54 Å². The lowest BCUT2D eigenvalue weighted by molar-refractivity contribution is 0.497. The van der Waals surface area contributed by atoms with E-state index >= 15 is 0 Å². The second-order valence-electron chi connectivity index (χ2n) is 3.84. The van der Waals surface area contributed by atoms with Crippen molar-refractivity contribution in [3.63, 3.8) is 0 Å². The van der Waals surface area contributed by atoms with Crippen molar-refractivity contribution in [3.05, 3.63) is 58.6 Å². The van der Waals surface area contributed by atoms with Gasteiger partial charge in [-0.3, -0.25) is 0 Å². The smallest absolute Gasteiger partial charge is 0.123 e. The molecule has 3 rings (SSSR count). The Balaban J connectivity index is 2.11. The summed E-state index contributed by atoms with van der Waals surface area (Å²) < 4.78 is 7.39. The number of fused-ring (bicyclic) bond motifs is 1. The van der Waals surface area contributed by atoms with Crippen molar-refractivity contribution in [3.8, 4) is 0 Å². The number of aromatic nitrogens is 1. The Hall–Kier alpha value is -1.38. The SMILES string of the molecule is Clc1cc(Cl)c2ccn(Cc3ccco3)c2c1. The molecule has 1 aromatic carbocycles. The van der Waals surface area contributed by atoms with E-state index in [0.717, 1.165) is 16.7 Å². The topological polar surface area (TPSA) is 18.1 Å². The average Bonchev–Trinajstić information content (AvgIpc) is 2.89. The zero-order valence-electron chi connectivity index (χ0n) is 8.86. The molecule has 2 aromatic heterocycles. The van der Waals surface area contributed by atoms with Crippen LogP contribution in [0.1, 0.15) is 5.76 Å². The van der Waals surface area contributed by atoms with Gasteiger partial charge in [-0.2, -0.15) is 0 Å². The molecule has 0 saturated heterocycles. The minimum Gasteiger partial charge on any atom is -0.467 e. The van der Waals surface area contributed by atoms with Crippen LogP contribution in [0.25, 0.3) is 10.9 Å². The van der Waals surface area contributed by atoms with Crippen LogP contribution in [0.4, 0.5) is 0 Å². The molecule has 0 N–H and O–H groups in total. The van der Waals surface area contributed by atoms with Crippen LogP contribution in [0.2, 0.25) is 10.0 Å². The van der Waals surface area contributed by atoms with E-state index in [0.29, 0.717) is 16.6 Å². The Morgan fingerprint density at radius 2 is 2.06 bits per heavy atom. The van der Waals surface area contributed by atoms with Crippen LogP contribution < -0.4 is 0 Å². The van der Waals surface area contributed by atoms with E-state index in [-0.39, 0.29) is 0 Å². The third kappa shape index (κ3) is 1.94. The van der Waals surface area contributed by atoms with Gasteiger partial charge in [0, 0.05) is 16.6 Å². The average molecular weight is 266 g/mol. The summed E-state index contributed by atoms with van der Waals surface area (Å²) in [7, 11) is 0. The first-order valence-electron chi connectivity index (χ1n) is 5.20. The Kier molecular flexibility index (Phi) is 2.61. The summed E-state index contributed by atoms with van der Waals surface area (Å²) in [6.07, 6.45) is 3.65. The second-order valence-corrected chi connectivity index (χ2v) is 4.69. The molecule has 3 aromatic rings. The lowest BCUT2D eigenvalue weighted by Crippen LogP contribution is -1.96. The molecule has 86 valence electrons. The van der Waals surface area contributed by atoms with Gasteiger partial charge in [0.25, 0.3) is 0 Å². The van der Waals surface area contributed by atoms with Crippen LogP contribution in [0.3, 0.4) is 0 Å². The third-order valence-electron chi connectivity index (χ3n) is 2.71. The van der Waals surface area contributed by atoms with Gasteiger partial charge in [-0.1, -0.05) is 23.2 Å². The number of hydrogen-bond donors (Lipinski definition) is 0. The molecule has 0 unspecified atom stereocenters. The summed E-state index contributed by atoms with van der Waals surface area (Å²) in [4.78, 5) is 0. The Morgan fingerprint density at radius 3 is 2.82 bits per heavy atom. The monoisotopic (exact) mass is 265 g/mol. The first-order chi connectivity index (χ1) is 8.24. The largest absolute Gasteiger partial charge is 0.467 e. The van der Waals surface area contributed by atoms with E-state index in [9.17, 15) is 0 Å². The molecular weight excluding hydrogens is 257 g/mol. The van der Waals surface area contributed by atoms with Gasteiger partial charge < -0.3 is 8.98 Å². The molecule has 0 spiro atoms. The highest BCUT2D eigenvalue weighted by atomic mass is 35.5. The number of halogens is 2. The third-order valence-corrected chi connectivity index (χ3v) is 3.24. The van der Waals surface area contributed by atoms with Crippen molar-refractivity contribution in [2.24, 2.45) is 0 Å². The molecule has 2 nitrogen and oxygen atoms in total. The van der Waals surface area contributed by atoms with Crippen molar-refractivity contribution >= 4 is 34.1 Å². The molecule has 0 aliphatic rings. The molecule has 0 fully saturated rings. The Morgan fingerprint density at radius 1 is 1.18 bits per heavy atom.